The van der Waals surface area contributed by atoms with Gasteiger partial charge in [0.15, 0.2) is 0 Å². The standard InChI is InChI=1S/C16H25N3O2/c1-16(17,7-10-20)15(21)18-14-4-3-12-5-8-19(2)9-6-13(12)11-14/h3-4,11,20H,5-10,17H2,1-2H3,(H,18,21). The molecule has 1 heterocycles. The van der Waals surface area contributed by atoms with Gasteiger partial charge < -0.3 is 21.1 Å². The average Bonchev–Trinajstić information content (AvgIpc) is 2.61. The van der Waals surface area contributed by atoms with Gasteiger partial charge in [-0.3, -0.25) is 4.79 Å². The quantitative estimate of drug-likeness (QED) is 0.765. The van der Waals surface area contributed by atoms with E-state index >= 15 is 0 Å². The minimum atomic E-state index is -1.05. The maximum atomic E-state index is 12.2. The van der Waals surface area contributed by atoms with Crippen molar-refractivity contribution in [3.05, 3.63) is 29.3 Å². The monoisotopic (exact) mass is 291 g/mol. The van der Waals surface area contributed by atoms with Crippen molar-refractivity contribution in [1.29, 1.82) is 0 Å². The number of carbonyl (C=O) groups is 1. The number of nitrogens with one attached hydrogen (secondary N) is 1. The summed E-state index contributed by atoms with van der Waals surface area (Å²) in [4.78, 5) is 14.5. The molecule has 1 unspecified atom stereocenters. The van der Waals surface area contributed by atoms with Crippen molar-refractivity contribution in [3.8, 4) is 0 Å². The highest BCUT2D eigenvalue weighted by Crippen LogP contribution is 2.21. The first-order chi connectivity index (χ1) is 9.92. The van der Waals surface area contributed by atoms with E-state index in [2.05, 4.69) is 23.3 Å². The van der Waals surface area contributed by atoms with Crippen LogP contribution in [0.3, 0.4) is 0 Å². The number of likely N-dealkylation sites (N-methyl/N-ethyl adjacent to an activating group) is 1. The van der Waals surface area contributed by atoms with Gasteiger partial charge >= 0.3 is 0 Å². The number of anilines is 1. The van der Waals surface area contributed by atoms with Crippen molar-refractivity contribution in [3.63, 3.8) is 0 Å². The number of nitrogens with zero attached hydrogens (tertiary/aromatic N) is 1. The molecule has 0 bridgehead atoms. The number of rotatable bonds is 4. The number of aliphatic hydroxyl groups is 1. The van der Waals surface area contributed by atoms with Crippen molar-refractivity contribution in [2.24, 2.45) is 5.73 Å². The first-order valence-corrected chi connectivity index (χ1v) is 7.44. The van der Waals surface area contributed by atoms with Crippen LogP contribution in [-0.4, -0.2) is 48.2 Å². The molecule has 0 radical (unpaired) electrons. The van der Waals surface area contributed by atoms with Crippen LogP contribution in [0.5, 0.6) is 0 Å². The Kier molecular flexibility index (Phi) is 4.98. The van der Waals surface area contributed by atoms with Gasteiger partial charge in [-0.25, -0.2) is 0 Å². The first kappa shape index (κ1) is 15.9. The lowest BCUT2D eigenvalue weighted by atomic mass is 9.98. The number of benzene rings is 1. The molecular formula is C16H25N3O2. The molecule has 1 aromatic rings. The summed E-state index contributed by atoms with van der Waals surface area (Å²) in [5.41, 5.74) is 8.28. The van der Waals surface area contributed by atoms with Crippen molar-refractivity contribution in [1.82, 2.24) is 4.90 Å². The van der Waals surface area contributed by atoms with Gasteiger partial charge in [0, 0.05) is 25.4 Å². The molecule has 1 aliphatic heterocycles. The summed E-state index contributed by atoms with van der Waals surface area (Å²) in [6.45, 7) is 3.63. The van der Waals surface area contributed by atoms with Crippen LogP contribution in [0, 0.1) is 0 Å². The second-order valence-electron chi connectivity index (χ2n) is 6.13. The first-order valence-electron chi connectivity index (χ1n) is 7.44. The van der Waals surface area contributed by atoms with Crippen LogP contribution >= 0.6 is 0 Å². The molecule has 5 heteroatoms. The molecule has 0 spiro atoms. The molecule has 0 fully saturated rings. The van der Waals surface area contributed by atoms with Crippen LogP contribution in [0.1, 0.15) is 24.5 Å². The van der Waals surface area contributed by atoms with Crippen LogP contribution in [0.4, 0.5) is 5.69 Å². The van der Waals surface area contributed by atoms with Crippen LogP contribution in [-0.2, 0) is 17.6 Å². The number of aliphatic hydroxyl groups excluding tert-OH is 1. The summed E-state index contributed by atoms with van der Waals surface area (Å²) in [6, 6.07) is 6.06. The van der Waals surface area contributed by atoms with Gasteiger partial charge in [0.2, 0.25) is 5.91 Å². The van der Waals surface area contributed by atoms with E-state index in [1.807, 2.05) is 12.1 Å². The third-order valence-corrected chi connectivity index (χ3v) is 4.14. The highest BCUT2D eigenvalue weighted by molar-refractivity contribution is 5.97. The van der Waals surface area contributed by atoms with Crippen molar-refractivity contribution in [2.75, 3.05) is 32.1 Å². The smallest absolute Gasteiger partial charge is 0.244 e. The van der Waals surface area contributed by atoms with Crippen molar-refractivity contribution < 1.29 is 9.90 Å². The normalized spacial score (nSPS) is 18.5. The second kappa shape index (κ2) is 6.56. The van der Waals surface area contributed by atoms with Gasteiger partial charge in [0.25, 0.3) is 0 Å². The fraction of sp³-hybridized carbons (Fsp3) is 0.562. The van der Waals surface area contributed by atoms with Crippen LogP contribution in [0.25, 0.3) is 0 Å². The van der Waals surface area contributed by atoms with Gasteiger partial charge in [-0.15, -0.1) is 0 Å². The molecule has 4 N–H and O–H groups in total. The molecule has 5 nitrogen and oxygen atoms in total. The summed E-state index contributed by atoms with van der Waals surface area (Å²) >= 11 is 0. The van der Waals surface area contributed by atoms with Gasteiger partial charge in [-0.05, 0) is 56.5 Å². The Balaban J connectivity index is 2.10. The van der Waals surface area contributed by atoms with E-state index in [4.69, 9.17) is 10.8 Å². The zero-order valence-electron chi connectivity index (χ0n) is 12.9. The summed E-state index contributed by atoms with van der Waals surface area (Å²) in [7, 11) is 2.13. The lowest BCUT2D eigenvalue weighted by Gasteiger charge is -2.22. The fourth-order valence-electron chi connectivity index (χ4n) is 2.53. The lowest BCUT2D eigenvalue weighted by Crippen LogP contribution is -2.49. The highest BCUT2D eigenvalue weighted by atomic mass is 16.3. The molecule has 2 rings (SSSR count). The minimum Gasteiger partial charge on any atom is -0.396 e. The number of carbonyl (C=O) groups excluding carboxylic acids is 1. The predicted octanol–water partition coefficient (Wildman–Crippen LogP) is 0.755. The minimum absolute atomic E-state index is 0.100. The van der Waals surface area contributed by atoms with Gasteiger partial charge in [-0.2, -0.15) is 0 Å². The van der Waals surface area contributed by atoms with E-state index in [0.717, 1.165) is 31.6 Å². The third kappa shape index (κ3) is 4.03. The van der Waals surface area contributed by atoms with E-state index in [1.54, 1.807) is 6.92 Å². The van der Waals surface area contributed by atoms with Crippen LogP contribution in [0.15, 0.2) is 18.2 Å². The second-order valence-corrected chi connectivity index (χ2v) is 6.13. The van der Waals surface area contributed by atoms with Crippen LogP contribution in [0.2, 0.25) is 0 Å². The van der Waals surface area contributed by atoms with E-state index in [1.165, 1.54) is 11.1 Å². The molecule has 1 aromatic carbocycles. The third-order valence-electron chi connectivity index (χ3n) is 4.14. The lowest BCUT2D eigenvalue weighted by molar-refractivity contribution is -0.121. The number of nitrogens with two attached hydrogens (primary N) is 1. The molecule has 1 aliphatic rings. The predicted molar refractivity (Wildman–Crippen MR) is 84.3 cm³/mol. The molecule has 0 saturated heterocycles. The maximum absolute atomic E-state index is 12.2. The Morgan fingerprint density at radius 3 is 2.71 bits per heavy atom. The Morgan fingerprint density at radius 2 is 2.05 bits per heavy atom. The fourth-order valence-corrected chi connectivity index (χ4v) is 2.53. The highest BCUT2D eigenvalue weighted by Gasteiger charge is 2.27. The number of hydrogen-bond donors (Lipinski definition) is 3. The molecule has 0 aliphatic carbocycles. The van der Waals surface area contributed by atoms with Gasteiger partial charge in [0.05, 0.1) is 5.54 Å². The van der Waals surface area contributed by atoms with E-state index < -0.39 is 5.54 Å². The van der Waals surface area contributed by atoms with Crippen molar-refractivity contribution >= 4 is 11.6 Å². The molecule has 116 valence electrons. The Hall–Kier alpha value is -1.43. The zero-order chi connectivity index (χ0) is 15.5. The largest absolute Gasteiger partial charge is 0.396 e. The number of fused-ring (bicyclic) bond motifs is 1. The maximum Gasteiger partial charge on any atom is 0.244 e. The van der Waals surface area contributed by atoms with Crippen molar-refractivity contribution in [2.45, 2.75) is 31.7 Å². The Morgan fingerprint density at radius 1 is 1.38 bits per heavy atom. The van der Waals surface area contributed by atoms with Gasteiger partial charge in [0.1, 0.15) is 0 Å². The molecule has 0 saturated carbocycles. The molecular weight excluding hydrogens is 266 g/mol. The topological polar surface area (TPSA) is 78.6 Å². The Bertz CT molecular complexity index is 514. The summed E-state index contributed by atoms with van der Waals surface area (Å²) in [5, 5.41) is 11.8. The SMILES string of the molecule is CN1CCc2ccc(NC(=O)C(C)(N)CCO)cc2CC1. The van der Waals surface area contributed by atoms with E-state index in [-0.39, 0.29) is 18.9 Å². The molecule has 21 heavy (non-hydrogen) atoms. The summed E-state index contributed by atoms with van der Waals surface area (Å²) in [5.74, 6) is -0.262. The van der Waals surface area contributed by atoms with Crippen LogP contribution < -0.4 is 11.1 Å². The summed E-state index contributed by atoms with van der Waals surface area (Å²) < 4.78 is 0. The number of hydrogen-bond acceptors (Lipinski definition) is 4. The van der Waals surface area contributed by atoms with E-state index in [9.17, 15) is 4.79 Å². The zero-order valence-corrected chi connectivity index (χ0v) is 12.9. The Labute approximate surface area is 126 Å². The number of amides is 1. The van der Waals surface area contributed by atoms with E-state index in [0.29, 0.717) is 0 Å². The van der Waals surface area contributed by atoms with Gasteiger partial charge in [-0.1, -0.05) is 6.07 Å². The summed E-state index contributed by atoms with van der Waals surface area (Å²) in [6.07, 6.45) is 2.28. The molecule has 1 atom stereocenters. The average molecular weight is 291 g/mol. The molecule has 1 amide bonds. The molecule has 0 aromatic heterocycles.